The molecule has 1 aromatic heterocycles. The normalized spacial score (nSPS) is 15.2. The Labute approximate surface area is 171 Å². The maximum Gasteiger partial charge on any atom is 0.410 e. The van der Waals surface area contributed by atoms with Crippen LogP contribution in [-0.4, -0.2) is 40.6 Å². The first-order chi connectivity index (χ1) is 13.8. The van der Waals surface area contributed by atoms with Crippen LogP contribution in [0.3, 0.4) is 0 Å². The number of carbonyl (C=O) groups is 2. The van der Waals surface area contributed by atoms with Crippen LogP contribution in [0.1, 0.15) is 45.9 Å². The summed E-state index contributed by atoms with van der Waals surface area (Å²) < 4.78 is 11.1. The Kier molecular flexibility index (Phi) is 6.56. The van der Waals surface area contributed by atoms with E-state index in [1.54, 1.807) is 11.1 Å². The van der Waals surface area contributed by atoms with Crippen LogP contribution in [-0.2, 0) is 16.1 Å². The molecule has 3 rings (SSSR count). The molecule has 156 valence electrons. The molecular formula is C22H29N3O4. The largest absolute Gasteiger partial charge is 0.444 e. The molecule has 29 heavy (non-hydrogen) atoms. The Morgan fingerprint density at radius 1 is 1.21 bits per heavy atom. The standard InChI is InChI=1S/C22H29N3O4/c1-22(2,3)29-21(27)25-11-9-16(10-12-25)13-19(26)23-15-20-24-14-18(28-20)17-7-5-4-6-8-17/h4-8,14,16H,9-13,15H2,1-3H3,(H,23,26). The summed E-state index contributed by atoms with van der Waals surface area (Å²) in [6.45, 7) is 7.08. The lowest BCUT2D eigenvalue weighted by Gasteiger charge is -2.33. The lowest BCUT2D eigenvalue weighted by atomic mass is 9.93. The predicted octanol–water partition coefficient (Wildman–Crippen LogP) is 4.00. The lowest BCUT2D eigenvalue weighted by molar-refractivity contribution is -0.122. The van der Waals surface area contributed by atoms with E-state index < -0.39 is 5.60 Å². The fraction of sp³-hybridized carbons (Fsp3) is 0.500. The minimum Gasteiger partial charge on any atom is -0.444 e. The van der Waals surface area contributed by atoms with Gasteiger partial charge in [0.25, 0.3) is 0 Å². The number of oxazole rings is 1. The third kappa shape index (κ3) is 6.34. The van der Waals surface area contributed by atoms with E-state index >= 15 is 0 Å². The Morgan fingerprint density at radius 2 is 1.90 bits per heavy atom. The number of nitrogens with one attached hydrogen (secondary N) is 1. The van der Waals surface area contributed by atoms with Gasteiger partial charge >= 0.3 is 6.09 Å². The highest BCUT2D eigenvalue weighted by atomic mass is 16.6. The molecule has 7 nitrogen and oxygen atoms in total. The molecule has 1 saturated heterocycles. The highest BCUT2D eigenvalue weighted by molar-refractivity contribution is 5.76. The summed E-state index contributed by atoms with van der Waals surface area (Å²) in [6, 6.07) is 9.72. The molecule has 1 fully saturated rings. The molecule has 1 N–H and O–H groups in total. The summed E-state index contributed by atoms with van der Waals surface area (Å²) in [5.74, 6) is 1.40. The van der Waals surface area contributed by atoms with E-state index in [0.29, 0.717) is 31.2 Å². The van der Waals surface area contributed by atoms with Crippen molar-refractivity contribution in [2.75, 3.05) is 13.1 Å². The zero-order chi connectivity index (χ0) is 20.9. The van der Waals surface area contributed by atoms with E-state index in [0.717, 1.165) is 18.4 Å². The number of benzene rings is 1. The van der Waals surface area contributed by atoms with Crippen LogP contribution in [0.5, 0.6) is 0 Å². The maximum atomic E-state index is 12.3. The van der Waals surface area contributed by atoms with E-state index in [2.05, 4.69) is 10.3 Å². The number of hydrogen-bond donors (Lipinski definition) is 1. The van der Waals surface area contributed by atoms with Gasteiger partial charge in [0.15, 0.2) is 5.76 Å². The maximum absolute atomic E-state index is 12.3. The van der Waals surface area contributed by atoms with E-state index in [9.17, 15) is 9.59 Å². The molecule has 0 bridgehead atoms. The third-order valence-electron chi connectivity index (χ3n) is 4.79. The molecule has 1 aliphatic rings. The van der Waals surface area contributed by atoms with Gasteiger partial charge in [-0.2, -0.15) is 0 Å². The van der Waals surface area contributed by atoms with Gasteiger partial charge in [0.05, 0.1) is 12.7 Å². The van der Waals surface area contributed by atoms with Crippen LogP contribution in [0.4, 0.5) is 4.79 Å². The van der Waals surface area contributed by atoms with Crippen molar-refractivity contribution in [3.8, 4) is 11.3 Å². The first-order valence-corrected chi connectivity index (χ1v) is 10.0. The molecule has 2 aromatic rings. The van der Waals surface area contributed by atoms with Crippen LogP contribution in [0.25, 0.3) is 11.3 Å². The molecule has 0 aliphatic carbocycles. The molecule has 0 radical (unpaired) electrons. The minimum absolute atomic E-state index is 0.0276. The molecule has 2 amide bonds. The number of rotatable bonds is 5. The zero-order valence-corrected chi connectivity index (χ0v) is 17.3. The number of amides is 2. The Hall–Kier alpha value is -2.83. The highest BCUT2D eigenvalue weighted by Gasteiger charge is 2.27. The van der Waals surface area contributed by atoms with Crippen LogP contribution in [0.2, 0.25) is 0 Å². The summed E-state index contributed by atoms with van der Waals surface area (Å²) in [5, 5.41) is 2.88. The van der Waals surface area contributed by atoms with Gasteiger partial charge in [-0.1, -0.05) is 30.3 Å². The second kappa shape index (κ2) is 9.11. The second-order valence-corrected chi connectivity index (χ2v) is 8.38. The van der Waals surface area contributed by atoms with Crippen LogP contribution in [0.15, 0.2) is 40.9 Å². The summed E-state index contributed by atoms with van der Waals surface area (Å²) in [4.78, 5) is 30.3. The number of likely N-dealkylation sites (tertiary alicyclic amines) is 1. The number of carbonyl (C=O) groups excluding carboxylic acids is 2. The smallest absolute Gasteiger partial charge is 0.410 e. The van der Waals surface area contributed by atoms with Crippen molar-refractivity contribution in [2.24, 2.45) is 5.92 Å². The van der Waals surface area contributed by atoms with Crippen LogP contribution in [0, 0.1) is 5.92 Å². The quantitative estimate of drug-likeness (QED) is 0.822. The van der Waals surface area contributed by atoms with Crippen molar-refractivity contribution < 1.29 is 18.7 Å². The zero-order valence-electron chi connectivity index (χ0n) is 17.3. The topological polar surface area (TPSA) is 84.7 Å². The Balaban J connectivity index is 1.40. The van der Waals surface area contributed by atoms with E-state index in [-0.39, 0.29) is 24.5 Å². The second-order valence-electron chi connectivity index (χ2n) is 8.38. The number of aromatic nitrogens is 1. The van der Waals surface area contributed by atoms with Gasteiger partial charge in [-0.3, -0.25) is 4.79 Å². The van der Waals surface area contributed by atoms with Crippen molar-refractivity contribution >= 4 is 12.0 Å². The molecule has 7 heteroatoms. The number of hydrogen-bond acceptors (Lipinski definition) is 5. The number of ether oxygens (including phenoxy) is 1. The molecular weight excluding hydrogens is 370 g/mol. The van der Waals surface area contributed by atoms with Crippen molar-refractivity contribution in [3.05, 3.63) is 42.4 Å². The molecule has 2 heterocycles. The summed E-state index contributed by atoms with van der Waals surface area (Å²) in [7, 11) is 0. The minimum atomic E-state index is -0.492. The van der Waals surface area contributed by atoms with Crippen molar-refractivity contribution in [2.45, 2.75) is 52.2 Å². The van der Waals surface area contributed by atoms with E-state index in [1.165, 1.54) is 0 Å². The first kappa shape index (κ1) is 20.9. The van der Waals surface area contributed by atoms with Crippen LogP contribution >= 0.6 is 0 Å². The number of nitrogens with zero attached hydrogens (tertiary/aromatic N) is 2. The van der Waals surface area contributed by atoms with Gasteiger partial charge in [-0.05, 0) is 39.5 Å². The van der Waals surface area contributed by atoms with Crippen molar-refractivity contribution in [1.82, 2.24) is 15.2 Å². The predicted molar refractivity (Wildman–Crippen MR) is 109 cm³/mol. The SMILES string of the molecule is CC(C)(C)OC(=O)N1CCC(CC(=O)NCc2ncc(-c3ccccc3)o2)CC1. The van der Waals surface area contributed by atoms with Gasteiger partial charge < -0.3 is 19.4 Å². The molecule has 1 aromatic carbocycles. The highest BCUT2D eigenvalue weighted by Crippen LogP contribution is 2.23. The molecule has 0 spiro atoms. The third-order valence-corrected chi connectivity index (χ3v) is 4.79. The van der Waals surface area contributed by atoms with Crippen molar-refractivity contribution in [3.63, 3.8) is 0 Å². The van der Waals surface area contributed by atoms with E-state index in [4.69, 9.17) is 9.15 Å². The molecule has 0 atom stereocenters. The molecule has 1 aliphatic heterocycles. The van der Waals surface area contributed by atoms with Gasteiger partial charge in [-0.25, -0.2) is 9.78 Å². The fourth-order valence-corrected chi connectivity index (χ4v) is 3.28. The van der Waals surface area contributed by atoms with E-state index in [1.807, 2.05) is 51.1 Å². The first-order valence-electron chi connectivity index (χ1n) is 10.0. The molecule has 0 saturated carbocycles. The van der Waals surface area contributed by atoms with Gasteiger partial charge in [0.2, 0.25) is 11.8 Å². The molecule has 0 unspecified atom stereocenters. The Morgan fingerprint density at radius 3 is 2.55 bits per heavy atom. The van der Waals surface area contributed by atoms with Crippen LogP contribution < -0.4 is 5.32 Å². The number of piperidine rings is 1. The summed E-state index contributed by atoms with van der Waals surface area (Å²) >= 11 is 0. The van der Waals surface area contributed by atoms with Gasteiger partial charge in [-0.15, -0.1) is 0 Å². The summed E-state index contributed by atoms with van der Waals surface area (Å²) in [6.07, 6.45) is 3.42. The fourth-order valence-electron chi connectivity index (χ4n) is 3.28. The average molecular weight is 399 g/mol. The summed E-state index contributed by atoms with van der Waals surface area (Å²) in [5.41, 5.74) is 0.461. The lowest BCUT2D eigenvalue weighted by Crippen LogP contribution is -2.42. The monoisotopic (exact) mass is 399 g/mol. The van der Waals surface area contributed by atoms with Gasteiger partial charge in [0.1, 0.15) is 5.60 Å². The average Bonchev–Trinajstić information content (AvgIpc) is 3.15. The van der Waals surface area contributed by atoms with Gasteiger partial charge in [0, 0.05) is 25.1 Å². The Bertz CT molecular complexity index is 818. The van der Waals surface area contributed by atoms with Crippen molar-refractivity contribution in [1.29, 1.82) is 0 Å².